The van der Waals surface area contributed by atoms with Gasteiger partial charge in [-0.15, -0.1) is 6.58 Å². The van der Waals surface area contributed by atoms with Gasteiger partial charge in [-0.05, 0) is 54.9 Å². The summed E-state index contributed by atoms with van der Waals surface area (Å²) in [6.45, 7) is 9.84. The highest BCUT2D eigenvalue weighted by atomic mass is 28.4. The molecule has 1 spiro atoms. The topological polar surface area (TPSA) is 125 Å². The van der Waals surface area contributed by atoms with Gasteiger partial charge in [-0.3, -0.25) is 14.4 Å². The number of benzene rings is 3. The van der Waals surface area contributed by atoms with Crippen molar-refractivity contribution in [3.05, 3.63) is 113 Å². The number of hydrogen-bond acceptors (Lipinski definition) is 7. The minimum atomic E-state index is -3.06. The summed E-state index contributed by atoms with van der Waals surface area (Å²) in [4.78, 5) is 57.3. The van der Waals surface area contributed by atoms with Gasteiger partial charge in [0.15, 0.2) is 13.9 Å². The highest BCUT2D eigenvalue weighted by molar-refractivity contribution is 6.71. The first kappa shape index (κ1) is 32.1. The van der Waals surface area contributed by atoms with Crippen LogP contribution in [0.15, 0.2) is 90.4 Å². The van der Waals surface area contributed by atoms with Crippen molar-refractivity contribution in [1.82, 2.24) is 14.7 Å². The Morgan fingerprint density at radius 1 is 1.10 bits per heavy atom. The molecule has 3 aromatic carbocycles. The smallest absolute Gasteiger partial charge is 0.279 e. The van der Waals surface area contributed by atoms with Gasteiger partial charge < -0.3 is 24.4 Å². The van der Waals surface area contributed by atoms with Crippen molar-refractivity contribution in [2.75, 3.05) is 18.1 Å². The van der Waals surface area contributed by atoms with Crippen LogP contribution in [0.4, 0.5) is 5.69 Å². The molecule has 1 saturated heterocycles. The van der Waals surface area contributed by atoms with Crippen molar-refractivity contribution in [3.63, 3.8) is 0 Å². The predicted molar refractivity (Wildman–Crippen MR) is 185 cm³/mol. The van der Waals surface area contributed by atoms with Crippen molar-refractivity contribution in [3.8, 4) is 5.69 Å². The second-order valence-corrected chi connectivity index (χ2v) is 17.7. The molecule has 2 amide bonds. The molecule has 0 radical (unpaired) electrons. The van der Waals surface area contributed by atoms with Crippen LogP contribution in [-0.4, -0.2) is 70.0 Å². The molecule has 3 aliphatic heterocycles. The van der Waals surface area contributed by atoms with Gasteiger partial charge in [0.05, 0.1) is 48.1 Å². The van der Waals surface area contributed by atoms with Crippen LogP contribution < -0.4 is 10.5 Å². The Kier molecular flexibility index (Phi) is 7.98. The lowest BCUT2D eigenvalue weighted by Gasteiger charge is -2.37. The minimum absolute atomic E-state index is 0.0537. The summed E-state index contributed by atoms with van der Waals surface area (Å²) in [5.41, 5.74) is 1.53. The number of carbonyl (C=O) groups excluding carboxylic acids is 2. The van der Waals surface area contributed by atoms with E-state index in [1.807, 2.05) is 56.4 Å². The Morgan fingerprint density at radius 2 is 1.83 bits per heavy atom. The van der Waals surface area contributed by atoms with Crippen molar-refractivity contribution in [2.45, 2.75) is 62.7 Å². The van der Waals surface area contributed by atoms with Gasteiger partial charge in [-0.25, -0.2) is 0 Å². The fourth-order valence-corrected chi connectivity index (χ4v) is 10.9. The molecule has 1 fully saturated rings. The van der Waals surface area contributed by atoms with Crippen LogP contribution in [0.3, 0.4) is 0 Å². The molecule has 4 heterocycles. The fraction of sp³-hybridized carbons (Fsp3) is 0.351. The van der Waals surface area contributed by atoms with E-state index >= 15 is 0 Å². The Morgan fingerprint density at radius 3 is 2.56 bits per heavy atom. The second kappa shape index (κ2) is 11.9. The highest BCUT2D eigenvalue weighted by Crippen LogP contribution is 2.60. The number of aliphatic hydroxyl groups is 1. The van der Waals surface area contributed by atoms with Gasteiger partial charge >= 0.3 is 0 Å². The number of anilines is 1. The summed E-state index contributed by atoms with van der Waals surface area (Å²) in [5, 5.41) is 16.0. The number of carbonyl (C=O) groups is 2. The zero-order valence-electron chi connectivity index (χ0n) is 27.4. The normalized spacial score (nSPS) is 25.1. The first-order chi connectivity index (χ1) is 23.0. The molecule has 0 aliphatic carbocycles. The van der Waals surface area contributed by atoms with Crippen molar-refractivity contribution in [1.29, 1.82) is 0 Å². The van der Waals surface area contributed by atoms with E-state index in [1.165, 1.54) is 4.68 Å². The third-order valence-electron chi connectivity index (χ3n) is 10.5. The maximum Gasteiger partial charge on any atom is 0.279 e. The Bertz CT molecular complexity index is 2010. The monoisotopic (exact) mass is 664 g/mol. The van der Waals surface area contributed by atoms with Gasteiger partial charge in [-0.1, -0.05) is 55.5 Å². The van der Waals surface area contributed by atoms with Crippen LogP contribution in [0.2, 0.25) is 18.6 Å². The molecule has 0 bridgehead atoms. The van der Waals surface area contributed by atoms with Crippen LogP contribution in [0.1, 0.15) is 30.0 Å². The van der Waals surface area contributed by atoms with Crippen molar-refractivity contribution >= 4 is 36.6 Å². The van der Waals surface area contributed by atoms with Crippen LogP contribution in [0, 0.1) is 5.92 Å². The van der Waals surface area contributed by atoms with Crippen LogP contribution in [0.5, 0.6) is 0 Å². The lowest BCUT2D eigenvalue weighted by molar-refractivity contribution is -0.150. The number of rotatable bonds is 7. The standard InChI is InChI=1S/C37H40N4O6Si/c1-5-16-39-31-15-14-27(41-35(44)29-13-9-8-11-25(29)20-38-41)18-30(31)37(36(39)45)23(2)34(48(3,4)46)32(47-37)19-33(43)40-21-26-12-7-6-10-24(26)17-28(40)22-42/h5-15,18,20,23,28,32,34,42,46H,1,16-17,19,21-22H2,2-4H3/t23-,28+,32+,34-,37+/m1/s1. The Balaban J connectivity index is 1.30. The van der Waals surface area contributed by atoms with Crippen LogP contribution >= 0.6 is 0 Å². The molecule has 1 aromatic heterocycles. The molecule has 248 valence electrons. The molecular weight excluding hydrogens is 625 g/mol. The first-order valence-electron chi connectivity index (χ1n) is 16.4. The highest BCUT2D eigenvalue weighted by Gasteiger charge is 2.66. The van der Waals surface area contributed by atoms with Crippen molar-refractivity contribution < 1.29 is 24.2 Å². The summed E-state index contributed by atoms with van der Waals surface area (Å²) in [7, 11) is -3.06. The lowest BCUT2D eigenvalue weighted by Crippen LogP contribution is -2.48. The molecule has 3 aliphatic rings. The van der Waals surface area contributed by atoms with E-state index in [9.17, 15) is 24.3 Å². The summed E-state index contributed by atoms with van der Waals surface area (Å²) >= 11 is 0. The summed E-state index contributed by atoms with van der Waals surface area (Å²) in [6, 6.07) is 20.1. The van der Waals surface area contributed by atoms with E-state index in [1.54, 1.807) is 52.4 Å². The van der Waals surface area contributed by atoms with Gasteiger partial charge in [-0.2, -0.15) is 9.78 Å². The van der Waals surface area contributed by atoms with Crippen molar-refractivity contribution in [2.24, 2.45) is 5.92 Å². The summed E-state index contributed by atoms with van der Waals surface area (Å²) in [5.74, 6) is -0.996. The molecule has 7 rings (SSSR count). The number of amides is 2. The molecule has 11 heteroatoms. The number of hydrogen-bond donors (Lipinski definition) is 2. The maximum absolute atomic E-state index is 14.6. The molecule has 0 saturated carbocycles. The molecule has 2 N–H and O–H groups in total. The molecule has 5 atom stereocenters. The zero-order valence-corrected chi connectivity index (χ0v) is 28.4. The average molecular weight is 665 g/mol. The largest absolute Gasteiger partial charge is 0.432 e. The number of nitrogens with zero attached hydrogens (tertiary/aromatic N) is 4. The fourth-order valence-electron chi connectivity index (χ4n) is 8.31. The minimum Gasteiger partial charge on any atom is -0.432 e. The maximum atomic E-state index is 14.6. The van der Waals surface area contributed by atoms with E-state index in [0.717, 1.165) is 16.5 Å². The quantitative estimate of drug-likeness (QED) is 0.226. The van der Waals surface area contributed by atoms with Crippen LogP contribution in [-0.2, 0) is 32.9 Å². The Labute approximate surface area is 280 Å². The number of aliphatic hydroxyl groups excluding tert-OH is 1. The van der Waals surface area contributed by atoms with Gasteiger partial charge in [0, 0.05) is 35.5 Å². The second-order valence-electron chi connectivity index (χ2n) is 13.7. The van der Waals surface area contributed by atoms with E-state index in [0.29, 0.717) is 35.3 Å². The third kappa shape index (κ3) is 4.95. The van der Waals surface area contributed by atoms with E-state index in [2.05, 4.69) is 11.7 Å². The number of aromatic nitrogens is 2. The molecule has 48 heavy (non-hydrogen) atoms. The molecular formula is C37H40N4O6Si. The number of fused-ring (bicyclic) bond motifs is 4. The van der Waals surface area contributed by atoms with Crippen LogP contribution in [0.25, 0.3) is 16.5 Å². The SMILES string of the molecule is C=CCN1C(=O)[C@@]2(O[C@@H](CC(=O)N3Cc4ccccc4C[C@H]3CO)[C@H]([Si](C)(C)O)[C@H]2C)c2cc(-n3ncc4ccccc4c3=O)ccc21. The average Bonchev–Trinajstić information content (AvgIpc) is 3.50. The predicted octanol–water partition coefficient (Wildman–Crippen LogP) is 4.05. The van der Waals surface area contributed by atoms with Gasteiger partial charge in [0.1, 0.15) is 0 Å². The third-order valence-corrected chi connectivity index (χ3v) is 13.0. The summed E-state index contributed by atoms with van der Waals surface area (Å²) < 4.78 is 8.22. The lowest BCUT2D eigenvalue weighted by atomic mass is 9.82. The summed E-state index contributed by atoms with van der Waals surface area (Å²) in [6.07, 6.45) is 3.01. The van der Waals surface area contributed by atoms with E-state index < -0.39 is 31.5 Å². The van der Waals surface area contributed by atoms with E-state index in [-0.39, 0.29) is 43.0 Å². The van der Waals surface area contributed by atoms with Gasteiger partial charge in [0.2, 0.25) is 5.91 Å². The molecule has 0 unspecified atom stereocenters. The zero-order chi connectivity index (χ0) is 34.0. The van der Waals surface area contributed by atoms with Gasteiger partial charge in [0.25, 0.3) is 11.5 Å². The van der Waals surface area contributed by atoms with E-state index in [4.69, 9.17) is 4.74 Å². The molecule has 10 nitrogen and oxygen atoms in total. The number of ether oxygens (including phenoxy) is 1. The Hall–Kier alpha value is -4.42. The first-order valence-corrected chi connectivity index (χ1v) is 19.4. The molecule has 4 aromatic rings.